The molecule has 0 spiro atoms. The van der Waals surface area contributed by atoms with Gasteiger partial charge in [0.2, 0.25) is 0 Å². The van der Waals surface area contributed by atoms with E-state index in [1.165, 1.54) is 25.0 Å². The van der Waals surface area contributed by atoms with Gasteiger partial charge < -0.3 is 5.32 Å². The van der Waals surface area contributed by atoms with Gasteiger partial charge in [-0.1, -0.05) is 13.8 Å². The van der Waals surface area contributed by atoms with Crippen LogP contribution in [0.5, 0.6) is 0 Å². The van der Waals surface area contributed by atoms with E-state index in [4.69, 9.17) is 0 Å². The van der Waals surface area contributed by atoms with Crippen LogP contribution in [0.3, 0.4) is 0 Å². The molecule has 1 aliphatic heterocycles. The van der Waals surface area contributed by atoms with Crippen LogP contribution in [0, 0.1) is 5.92 Å². The lowest BCUT2D eigenvalue weighted by molar-refractivity contribution is 0.221. The predicted octanol–water partition coefficient (Wildman–Crippen LogP) is 2.27. The molecule has 1 aliphatic carbocycles. The Labute approximate surface area is 79.7 Å². The monoisotopic (exact) mass is 185 g/mol. The summed E-state index contributed by atoms with van der Waals surface area (Å²) in [6.07, 6.45) is 4.21. The molecule has 1 nitrogen and oxygen atoms in total. The molecule has 2 rings (SSSR count). The van der Waals surface area contributed by atoms with Crippen molar-refractivity contribution in [2.75, 3.05) is 5.75 Å². The van der Waals surface area contributed by atoms with Crippen LogP contribution < -0.4 is 5.32 Å². The Balaban J connectivity index is 1.72. The van der Waals surface area contributed by atoms with Crippen molar-refractivity contribution >= 4 is 11.8 Å². The van der Waals surface area contributed by atoms with Gasteiger partial charge in [0.1, 0.15) is 0 Å². The highest BCUT2D eigenvalue weighted by atomic mass is 32.2. The summed E-state index contributed by atoms with van der Waals surface area (Å²) in [5.74, 6) is 2.34. The second-order valence-electron chi connectivity index (χ2n) is 4.41. The van der Waals surface area contributed by atoms with Crippen LogP contribution in [0.25, 0.3) is 0 Å². The first-order valence-corrected chi connectivity index (χ1v) is 6.18. The van der Waals surface area contributed by atoms with Crippen molar-refractivity contribution in [3.05, 3.63) is 0 Å². The molecule has 1 N–H and O–H groups in total. The first-order valence-electron chi connectivity index (χ1n) is 5.13. The molecule has 1 saturated carbocycles. The molecule has 1 heterocycles. The van der Waals surface area contributed by atoms with E-state index in [0.717, 1.165) is 23.3 Å². The summed E-state index contributed by atoms with van der Waals surface area (Å²) < 4.78 is 0. The maximum absolute atomic E-state index is 3.77. The van der Waals surface area contributed by atoms with E-state index in [-0.39, 0.29) is 0 Å². The second-order valence-corrected chi connectivity index (χ2v) is 5.90. The maximum Gasteiger partial charge on any atom is 0.0194 e. The van der Waals surface area contributed by atoms with Crippen molar-refractivity contribution in [1.29, 1.82) is 0 Å². The highest BCUT2D eigenvalue weighted by Gasteiger charge is 2.31. The van der Waals surface area contributed by atoms with Crippen molar-refractivity contribution < 1.29 is 0 Å². The minimum Gasteiger partial charge on any atom is -0.310 e. The molecule has 0 radical (unpaired) electrons. The summed E-state index contributed by atoms with van der Waals surface area (Å²) in [5.41, 5.74) is 0. The minimum atomic E-state index is 0.812. The molecule has 1 saturated heterocycles. The van der Waals surface area contributed by atoms with E-state index >= 15 is 0 Å². The smallest absolute Gasteiger partial charge is 0.0194 e. The summed E-state index contributed by atoms with van der Waals surface area (Å²) in [7, 11) is 0. The van der Waals surface area contributed by atoms with Crippen molar-refractivity contribution in [3.8, 4) is 0 Å². The van der Waals surface area contributed by atoms with Gasteiger partial charge in [0.15, 0.2) is 0 Å². The van der Waals surface area contributed by atoms with Gasteiger partial charge >= 0.3 is 0 Å². The lowest BCUT2D eigenvalue weighted by atomic mass is 9.81. The van der Waals surface area contributed by atoms with Crippen LogP contribution >= 0.6 is 11.8 Å². The fourth-order valence-electron chi connectivity index (χ4n) is 2.29. The summed E-state index contributed by atoms with van der Waals surface area (Å²) in [4.78, 5) is 0. The Kier molecular flexibility index (Phi) is 2.66. The van der Waals surface area contributed by atoms with Gasteiger partial charge in [-0.25, -0.2) is 0 Å². The zero-order valence-electron chi connectivity index (χ0n) is 8.05. The summed E-state index contributed by atoms with van der Waals surface area (Å²) >= 11 is 2.12. The predicted molar refractivity (Wildman–Crippen MR) is 55.6 cm³/mol. The minimum absolute atomic E-state index is 0.812. The van der Waals surface area contributed by atoms with Gasteiger partial charge in [0.25, 0.3) is 0 Å². The first-order chi connectivity index (χ1) is 5.75. The number of nitrogens with one attached hydrogen (secondary N) is 1. The van der Waals surface area contributed by atoms with Crippen molar-refractivity contribution in [3.63, 3.8) is 0 Å². The number of thioether (sulfide) groups is 1. The molecule has 2 heteroatoms. The third kappa shape index (κ3) is 1.80. The standard InChI is InChI=1S/C10H19NS/c1-7-5-9(6-7)11-10-3-4-12-8(10)2/h7-11H,3-6H2,1-2H3. The topological polar surface area (TPSA) is 12.0 Å². The SMILES string of the molecule is CC1CC(NC2CCSC2C)C1. The zero-order valence-corrected chi connectivity index (χ0v) is 8.86. The molecule has 0 aromatic carbocycles. The third-order valence-corrected chi connectivity index (χ3v) is 4.53. The van der Waals surface area contributed by atoms with Crippen molar-refractivity contribution in [2.45, 2.75) is 50.4 Å². The fourth-order valence-corrected chi connectivity index (χ4v) is 3.50. The van der Waals surface area contributed by atoms with Crippen LogP contribution in [0.15, 0.2) is 0 Å². The Morgan fingerprint density at radius 3 is 2.50 bits per heavy atom. The molecule has 2 unspecified atom stereocenters. The molecule has 0 amide bonds. The van der Waals surface area contributed by atoms with E-state index in [2.05, 4.69) is 30.9 Å². The molecule has 2 aliphatic rings. The molecular weight excluding hydrogens is 166 g/mol. The Morgan fingerprint density at radius 1 is 1.25 bits per heavy atom. The van der Waals surface area contributed by atoms with E-state index < -0.39 is 0 Å². The van der Waals surface area contributed by atoms with Gasteiger partial charge in [-0.2, -0.15) is 11.8 Å². The summed E-state index contributed by atoms with van der Waals surface area (Å²) in [6, 6.07) is 1.67. The molecule has 2 fully saturated rings. The van der Waals surface area contributed by atoms with Crippen molar-refractivity contribution in [1.82, 2.24) is 5.32 Å². The number of hydrogen-bond donors (Lipinski definition) is 1. The van der Waals surface area contributed by atoms with Gasteiger partial charge in [-0.3, -0.25) is 0 Å². The maximum atomic E-state index is 3.77. The molecule has 2 atom stereocenters. The summed E-state index contributed by atoms with van der Waals surface area (Å²) in [5, 5.41) is 4.62. The highest BCUT2D eigenvalue weighted by Crippen LogP contribution is 2.31. The highest BCUT2D eigenvalue weighted by molar-refractivity contribution is 8.00. The first kappa shape index (κ1) is 8.89. The molecular formula is C10H19NS. The van der Waals surface area contributed by atoms with E-state index in [9.17, 15) is 0 Å². The zero-order chi connectivity index (χ0) is 8.55. The van der Waals surface area contributed by atoms with Gasteiger partial charge in [-0.05, 0) is 30.9 Å². The third-order valence-electron chi connectivity index (χ3n) is 3.20. The Bertz CT molecular complexity index is 154. The molecule has 0 aromatic rings. The van der Waals surface area contributed by atoms with Crippen molar-refractivity contribution in [2.24, 2.45) is 5.92 Å². The normalized spacial score (nSPS) is 47.5. The van der Waals surface area contributed by atoms with E-state index in [0.29, 0.717) is 0 Å². The van der Waals surface area contributed by atoms with Crippen LogP contribution in [-0.2, 0) is 0 Å². The lowest BCUT2D eigenvalue weighted by Crippen LogP contribution is -2.47. The van der Waals surface area contributed by atoms with Gasteiger partial charge in [0.05, 0.1) is 0 Å². The molecule has 12 heavy (non-hydrogen) atoms. The fraction of sp³-hybridized carbons (Fsp3) is 1.00. The molecule has 0 aromatic heterocycles. The molecule has 0 bridgehead atoms. The van der Waals surface area contributed by atoms with E-state index in [1.807, 2.05) is 0 Å². The van der Waals surface area contributed by atoms with E-state index in [1.54, 1.807) is 0 Å². The van der Waals surface area contributed by atoms with Crippen LogP contribution in [0.2, 0.25) is 0 Å². The quantitative estimate of drug-likeness (QED) is 0.708. The number of hydrogen-bond acceptors (Lipinski definition) is 2. The van der Waals surface area contributed by atoms with Crippen LogP contribution in [-0.4, -0.2) is 23.1 Å². The Morgan fingerprint density at radius 2 is 2.00 bits per heavy atom. The van der Waals surface area contributed by atoms with Gasteiger partial charge in [0, 0.05) is 17.3 Å². The summed E-state index contributed by atoms with van der Waals surface area (Å²) in [6.45, 7) is 4.71. The lowest BCUT2D eigenvalue weighted by Gasteiger charge is -2.36. The largest absolute Gasteiger partial charge is 0.310 e. The van der Waals surface area contributed by atoms with Crippen LogP contribution in [0.1, 0.15) is 33.1 Å². The average molecular weight is 185 g/mol. The molecule has 70 valence electrons. The average Bonchev–Trinajstić information content (AvgIpc) is 2.33. The number of rotatable bonds is 2. The van der Waals surface area contributed by atoms with Crippen LogP contribution in [0.4, 0.5) is 0 Å². The second kappa shape index (κ2) is 3.59. The van der Waals surface area contributed by atoms with Gasteiger partial charge in [-0.15, -0.1) is 0 Å². The Hall–Kier alpha value is 0.310.